The smallest absolute Gasteiger partial charge is 0.229 e. The van der Waals surface area contributed by atoms with Gasteiger partial charge in [-0.05, 0) is 112 Å². The van der Waals surface area contributed by atoms with Crippen LogP contribution in [0.3, 0.4) is 0 Å². The SMILES string of the molecule is CCOc1ccc(N2C[C@H]3CN(CCN4C(=O)CCC4=O)C[C@H]3C2)cc1.CCOc1ccc(N2C[C@H]3CN(CCN4CCCC4)C[C@H]3C2)cc1. The zero-order valence-electron chi connectivity index (χ0n) is 30.4. The fourth-order valence-electron chi connectivity index (χ4n) is 9.21. The first-order valence-corrected chi connectivity index (χ1v) is 19.4. The number of fused-ring (bicyclic) bond motifs is 2. The Morgan fingerprint density at radius 2 is 0.900 bits per heavy atom. The molecule has 4 atom stereocenters. The maximum atomic E-state index is 11.7. The Labute approximate surface area is 299 Å². The van der Waals surface area contributed by atoms with Gasteiger partial charge in [-0.15, -0.1) is 0 Å². The summed E-state index contributed by atoms with van der Waals surface area (Å²) in [6.07, 6.45) is 3.59. The molecule has 6 heterocycles. The molecule has 2 aromatic carbocycles. The van der Waals surface area contributed by atoms with Crippen molar-refractivity contribution in [2.75, 3.05) is 115 Å². The summed E-state index contributed by atoms with van der Waals surface area (Å²) in [5, 5.41) is 0. The maximum absolute atomic E-state index is 11.7. The minimum Gasteiger partial charge on any atom is -0.494 e. The molecule has 2 aromatic rings. The molecule has 50 heavy (non-hydrogen) atoms. The number of carbonyl (C=O) groups is 2. The molecule has 6 saturated heterocycles. The second-order valence-corrected chi connectivity index (χ2v) is 15.2. The van der Waals surface area contributed by atoms with E-state index in [1.165, 1.54) is 81.5 Å². The fourth-order valence-corrected chi connectivity index (χ4v) is 9.21. The van der Waals surface area contributed by atoms with Gasteiger partial charge in [-0.1, -0.05) is 0 Å². The molecule has 10 heteroatoms. The van der Waals surface area contributed by atoms with Gasteiger partial charge in [-0.2, -0.15) is 0 Å². The van der Waals surface area contributed by atoms with E-state index in [0.29, 0.717) is 37.8 Å². The lowest BCUT2D eigenvalue weighted by atomic mass is 10.0. The van der Waals surface area contributed by atoms with Crippen LogP contribution in [0.4, 0.5) is 11.4 Å². The average Bonchev–Trinajstić information content (AvgIpc) is 3.97. The van der Waals surface area contributed by atoms with E-state index in [1.54, 1.807) is 0 Å². The molecule has 6 aliphatic heterocycles. The molecule has 0 bridgehead atoms. The van der Waals surface area contributed by atoms with E-state index in [2.05, 4.69) is 60.9 Å². The summed E-state index contributed by atoms with van der Waals surface area (Å²) in [5.41, 5.74) is 2.62. The molecule has 8 rings (SSSR count). The van der Waals surface area contributed by atoms with Gasteiger partial charge in [0, 0.05) is 103 Å². The number of benzene rings is 2. The third kappa shape index (κ3) is 8.40. The Morgan fingerprint density at radius 3 is 1.30 bits per heavy atom. The second-order valence-electron chi connectivity index (χ2n) is 15.2. The number of amides is 2. The van der Waals surface area contributed by atoms with Crippen molar-refractivity contribution in [1.29, 1.82) is 0 Å². The minimum atomic E-state index is -0.00364. The summed E-state index contributed by atoms with van der Waals surface area (Å²) in [5.74, 6) is 4.96. The molecule has 0 radical (unpaired) electrons. The van der Waals surface area contributed by atoms with Gasteiger partial charge in [0.2, 0.25) is 11.8 Å². The van der Waals surface area contributed by atoms with Crippen LogP contribution in [0.5, 0.6) is 11.5 Å². The van der Waals surface area contributed by atoms with Crippen molar-refractivity contribution >= 4 is 23.2 Å². The van der Waals surface area contributed by atoms with Gasteiger partial charge in [0.1, 0.15) is 11.5 Å². The molecule has 10 nitrogen and oxygen atoms in total. The van der Waals surface area contributed by atoms with Crippen LogP contribution in [0.25, 0.3) is 0 Å². The van der Waals surface area contributed by atoms with E-state index in [4.69, 9.17) is 9.47 Å². The fraction of sp³-hybridized carbons (Fsp3) is 0.650. The highest BCUT2D eigenvalue weighted by atomic mass is 16.5. The average molecular weight is 687 g/mol. The summed E-state index contributed by atoms with van der Waals surface area (Å²) in [4.78, 5) is 37.7. The molecular formula is C40H58N6O4. The summed E-state index contributed by atoms with van der Waals surface area (Å²) in [7, 11) is 0. The number of hydrogen-bond acceptors (Lipinski definition) is 9. The molecular weight excluding hydrogens is 628 g/mol. The first-order valence-electron chi connectivity index (χ1n) is 19.4. The number of anilines is 2. The van der Waals surface area contributed by atoms with Gasteiger partial charge < -0.3 is 34.0 Å². The molecule has 0 aromatic heterocycles. The number of likely N-dealkylation sites (tertiary alicyclic amines) is 4. The van der Waals surface area contributed by atoms with E-state index in [-0.39, 0.29) is 11.8 Å². The van der Waals surface area contributed by atoms with Crippen molar-refractivity contribution in [2.24, 2.45) is 23.7 Å². The third-order valence-corrected chi connectivity index (χ3v) is 11.9. The Morgan fingerprint density at radius 1 is 0.520 bits per heavy atom. The van der Waals surface area contributed by atoms with Crippen LogP contribution in [-0.4, -0.2) is 136 Å². The number of nitrogens with zero attached hydrogens (tertiary/aromatic N) is 6. The van der Waals surface area contributed by atoms with Crippen LogP contribution in [0.15, 0.2) is 48.5 Å². The van der Waals surface area contributed by atoms with Gasteiger partial charge in [0.15, 0.2) is 0 Å². The first-order chi connectivity index (χ1) is 24.4. The standard InChI is InChI=1S/C20H27N3O3.C20H31N3O/c1-2-26-18-5-3-17(4-6-18)22-13-15-11-21(12-16(15)14-22)9-10-23-19(24)7-8-20(23)25;1-2-24-20-7-5-19(6-8-20)23-15-17-13-22(14-18(17)16-23)12-11-21-9-3-4-10-21/h3-6,15-16H,2,7-14H2,1H3;5-8,17-18H,2-4,9-16H2,1H3/t15-,16+;17-,18+. The molecule has 272 valence electrons. The van der Waals surface area contributed by atoms with E-state index >= 15 is 0 Å². The van der Waals surface area contributed by atoms with Gasteiger partial charge in [0.25, 0.3) is 0 Å². The van der Waals surface area contributed by atoms with Crippen LogP contribution in [0, 0.1) is 23.7 Å². The van der Waals surface area contributed by atoms with Crippen molar-refractivity contribution in [2.45, 2.75) is 39.5 Å². The lowest BCUT2D eigenvalue weighted by molar-refractivity contribution is -0.138. The van der Waals surface area contributed by atoms with Gasteiger partial charge in [-0.25, -0.2) is 0 Å². The van der Waals surface area contributed by atoms with Crippen molar-refractivity contribution in [3.8, 4) is 11.5 Å². The third-order valence-electron chi connectivity index (χ3n) is 11.9. The van der Waals surface area contributed by atoms with Crippen LogP contribution in [-0.2, 0) is 9.59 Å². The first kappa shape index (κ1) is 35.1. The normalized spacial score (nSPS) is 26.9. The maximum Gasteiger partial charge on any atom is 0.229 e. The predicted octanol–water partition coefficient (Wildman–Crippen LogP) is 4.15. The molecule has 0 saturated carbocycles. The van der Waals surface area contributed by atoms with Crippen LogP contribution >= 0.6 is 0 Å². The molecule has 6 fully saturated rings. The molecule has 6 aliphatic rings. The highest BCUT2D eigenvalue weighted by Crippen LogP contribution is 2.36. The van der Waals surface area contributed by atoms with Crippen molar-refractivity contribution in [3.05, 3.63) is 48.5 Å². The van der Waals surface area contributed by atoms with E-state index in [0.717, 1.165) is 62.7 Å². The number of hydrogen-bond donors (Lipinski definition) is 0. The molecule has 0 spiro atoms. The highest BCUT2D eigenvalue weighted by molar-refractivity contribution is 6.01. The Hall–Kier alpha value is -3.34. The highest BCUT2D eigenvalue weighted by Gasteiger charge is 2.41. The van der Waals surface area contributed by atoms with Gasteiger partial charge in [0.05, 0.1) is 13.2 Å². The topological polar surface area (TPSA) is 72.0 Å². The zero-order valence-corrected chi connectivity index (χ0v) is 30.4. The Kier molecular flexibility index (Phi) is 11.5. The van der Waals surface area contributed by atoms with Gasteiger partial charge in [-0.3, -0.25) is 14.5 Å². The number of imide groups is 1. The zero-order chi connectivity index (χ0) is 34.5. The summed E-state index contributed by atoms with van der Waals surface area (Å²) in [6, 6.07) is 17.0. The lowest BCUT2D eigenvalue weighted by Crippen LogP contribution is -2.38. The largest absolute Gasteiger partial charge is 0.494 e. The predicted molar refractivity (Wildman–Crippen MR) is 198 cm³/mol. The number of ether oxygens (including phenoxy) is 2. The van der Waals surface area contributed by atoms with Crippen LogP contribution < -0.4 is 19.3 Å². The van der Waals surface area contributed by atoms with Crippen molar-refractivity contribution < 1.29 is 19.1 Å². The van der Waals surface area contributed by atoms with Crippen LogP contribution in [0.2, 0.25) is 0 Å². The molecule has 0 unspecified atom stereocenters. The summed E-state index contributed by atoms with van der Waals surface area (Å²) >= 11 is 0. The minimum absolute atomic E-state index is 0.00364. The van der Waals surface area contributed by atoms with Crippen LogP contribution in [0.1, 0.15) is 39.5 Å². The monoisotopic (exact) mass is 686 g/mol. The van der Waals surface area contributed by atoms with Crippen molar-refractivity contribution in [3.63, 3.8) is 0 Å². The number of carbonyl (C=O) groups excluding carboxylic acids is 2. The van der Waals surface area contributed by atoms with E-state index in [1.807, 2.05) is 26.0 Å². The van der Waals surface area contributed by atoms with Crippen molar-refractivity contribution in [1.82, 2.24) is 19.6 Å². The van der Waals surface area contributed by atoms with E-state index in [9.17, 15) is 9.59 Å². The quantitative estimate of drug-likeness (QED) is 0.307. The summed E-state index contributed by atoms with van der Waals surface area (Å²) < 4.78 is 11.1. The lowest BCUT2D eigenvalue weighted by Gasteiger charge is -2.24. The second kappa shape index (κ2) is 16.3. The van der Waals surface area contributed by atoms with E-state index < -0.39 is 0 Å². The van der Waals surface area contributed by atoms with Gasteiger partial charge >= 0.3 is 0 Å². The molecule has 0 N–H and O–H groups in total. The molecule has 2 amide bonds. The Bertz CT molecular complexity index is 1370. The molecule has 0 aliphatic carbocycles. The Balaban J connectivity index is 0.000000157. The summed E-state index contributed by atoms with van der Waals surface area (Å²) in [6.45, 7) is 21.4. The number of rotatable bonds is 12.